The number of carboxylic acid groups (broad SMARTS) is 1. The summed E-state index contributed by atoms with van der Waals surface area (Å²) in [5.41, 5.74) is -2.88. The van der Waals surface area contributed by atoms with E-state index in [1.54, 1.807) is 0 Å². The average molecular weight is 409 g/mol. The van der Waals surface area contributed by atoms with Gasteiger partial charge in [0.15, 0.2) is 17.5 Å². The standard InChI is InChI=1S/C19H18F3N3O4/c20-13-12-16(25(8-1-2-8)5-9(18(12)26)19(27)28)15(22)17(14(13)21)24-6-10-11(7-24)29-4-3-23-10/h5,8,10-11,23H,1-4,6-7H2,(H,27,28). The SMILES string of the molecule is O=C(O)c1cn(C2CC2)c2c(F)c(N3CC4NCCOC4C3)c(F)c(F)c2c1=O. The van der Waals surface area contributed by atoms with Crippen molar-refractivity contribution in [2.75, 3.05) is 31.1 Å². The molecule has 10 heteroatoms. The number of fused-ring (bicyclic) bond motifs is 2. The zero-order valence-corrected chi connectivity index (χ0v) is 15.3. The van der Waals surface area contributed by atoms with Gasteiger partial charge in [-0.3, -0.25) is 4.79 Å². The summed E-state index contributed by atoms with van der Waals surface area (Å²) in [7, 11) is 0. The Morgan fingerprint density at radius 1 is 1.17 bits per heavy atom. The quantitative estimate of drug-likeness (QED) is 0.750. The van der Waals surface area contributed by atoms with Gasteiger partial charge in [0.2, 0.25) is 5.43 Å². The topological polar surface area (TPSA) is 83.8 Å². The van der Waals surface area contributed by atoms with Crippen molar-refractivity contribution in [3.05, 3.63) is 39.4 Å². The molecule has 5 rings (SSSR count). The molecule has 2 aromatic rings. The minimum Gasteiger partial charge on any atom is -0.477 e. The molecule has 0 bridgehead atoms. The van der Waals surface area contributed by atoms with Crippen molar-refractivity contribution in [2.45, 2.75) is 31.0 Å². The van der Waals surface area contributed by atoms with E-state index in [1.165, 1.54) is 9.47 Å². The van der Waals surface area contributed by atoms with Crippen LogP contribution in [0.4, 0.5) is 18.9 Å². The van der Waals surface area contributed by atoms with Crippen LogP contribution in [0.2, 0.25) is 0 Å². The van der Waals surface area contributed by atoms with E-state index in [4.69, 9.17) is 4.74 Å². The second-order valence-electron chi connectivity index (χ2n) is 7.70. The van der Waals surface area contributed by atoms with Crippen LogP contribution in [0.1, 0.15) is 29.2 Å². The summed E-state index contributed by atoms with van der Waals surface area (Å²) in [4.78, 5) is 25.3. The first-order valence-electron chi connectivity index (χ1n) is 9.47. The summed E-state index contributed by atoms with van der Waals surface area (Å²) in [5, 5.41) is 11.6. The van der Waals surface area contributed by atoms with E-state index in [0.29, 0.717) is 26.0 Å². The number of aromatic carboxylic acids is 1. The summed E-state index contributed by atoms with van der Waals surface area (Å²) >= 11 is 0. The highest BCUT2D eigenvalue weighted by Gasteiger charge is 2.40. The minimum absolute atomic E-state index is 0.138. The second-order valence-corrected chi connectivity index (χ2v) is 7.70. The Morgan fingerprint density at radius 3 is 2.59 bits per heavy atom. The van der Waals surface area contributed by atoms with Gasteiger partial charge >= 0.3 is 5.97 Å². The van der Waals surface area contributed by atoms with Crippen LogP contribution in [-0.4, -0.2) is 54.0 Å². The molecule has 3 heterocycles. The van der Waals surface area contributed by atoms with E-state index >= 15 is 8.78 Å². The van der Waals surface area contributed by atoms with Crippen molar-refractivity contribution in [1.82, 2.24) is 9.88 Å². The maximum absolute atomic E-state index is 15.6. The van der Waals surface area contributed by atoms with Gasteiger partial charge in [-0.1, -0.05) is 0 Å². The lowest BCUT2D eigenvalue weighted by Crippen LogP contribution is -2.47. The molecule has 0 radical (unpaired) electrons. The molecule has 29 heavy (non-hydrogen) atoms. The maximum Gasteiger partial charge on any atom is 0.341 e. The van der Waals surface area contributed by atoms with E-state index in [0.717, 1.165) is 6.20 Å². The summed E-state index contributed by atoms with van der Waals surface area (Å²) in [6, 6.07) is -0.393. The number of carboxylic acids is 1. The molecule has 2 unspecified atom stereocenters. The van der Waals surface area contributed by atoms with Crippen LogP contribution in [0.5, 0.6) is 0 Å². The summed E-state index contributed by atoms with van der Waals surface area (Å²) in [6.45, 7) is 1.50. The predicted octanol–water partition coefficient (Wildman–Crippen LogP) is 1.63. The number of halogens is 3. The molecule has 3 fully saturated rings. The highest BCUT2D eigenvalue weighted by Crippen LogP contribution is 2.41. The molecule has 1 aromatic carbocycles. The Labute approximate surface area is 162 Å². The van der Waals surface area contributed by atoms with Gasteiger partial charge in [0.25, 0.3) is 0 Å². The van der Waals surface area contributed by atoms with E-state index < -0.39 is 45.5 Å². The molecule has 2 saturated heterocycles. The van der Waals surface area contributed by atoms with E-state index in [2.05, 4.69) is 5.32 Å². The Morgan fingerprint density at radius 2 is 1.93 bits per heavy atom. The third kappa shape index (κ3) is 2.73. The third-order valence-electron chi connectivity index (χ3n) is 5.86. The smallest absolute Gasteiger partial charge is 0.341 e. The zero-order chi connectivity index (χ0) is 20.4. The van der Waals surface area contributed by atoms with Crippen LogP contribution in [0.3, 0.4) is 0 Å². The molecule has 1 aliphatic carbocycles. The van der Waals surface area contributed by atoms with Gasteiger partial charge in [-0.05, 0) is 12.8 Å². The number of pyridine rings is 1. The van der Waals surface area contributed by atoms with Crippen LogP contribution in [-0.2, 0) is 4.74 Å². The number of carbonyl (C=O) groups is 1. The van der Waals surface area contributed by atoms with Crippen molar-refractivity contribution in [3.8, 4) is 0 Å². The molecular weight excluding hydrogens is 391 g/mol. The van der Waals surface area contributed by atoms with E-state index in [1.807, 2.05) is 0 Å². The van der Waals surface area contributed by atoms with Gasteiger partial charge in [0.05, 0.1) is 29.7 Å². The van der Waals surface area contributed by atoms with E-state index in [9.17, 15) is 19.1 Å². The number of rotatable bonds is 3. The fourth-order valence-electron chi connectivity index (χ4n) is 4.33. The molecule has 1 aromatic heterocycles. The van der Waals surface area contributed by atoms with E-state index in [-0.39, 0.29) is 36.8 Å². The number of hydrogen-bond acceptors (Lipinski definition) is 5. The normalized spacial score (nSPS) is 24.2. The monoisotopic (exact) mass is 409 g/mol. The van der Waals surface area contributed by atoms with Crippen molar-refractivity contribution >= 4 is 22.6 Å². The molecule has 2 atom stereocenters. The first-order chi connectivity index (χ1) is 13.9. The van der Waals surface area contributed by atoms with Gasteiger partial charge in [0, 0.05) is 31.9 Å². The number of benzene rings is 1. The lowest BCUT2D eigenvalue weighted by atomic mass is 10.1. The van der Waals surface area contributed by atoms with Gasteiger partial charge in [-0.25, -0.2) is 18.0 Å². The predicted molar refractivity (Wildman–Crippen MR) is 97.1 cm³/mol. The first-order valence-corrected chi connectivity index (χ1v) is 9.47. The fraction of sp³-hybridized carbons (Fsp3) is 0.474. The van der Waals surface area contributed by atoms with Crippen molar-refractivity contribution < 1.29 is 27.8 Å². The summed E-state index contributed by atoms with van der Waals surface area (Å²) in [6.07, 6.45) is 2.03. The van der Waals surface area contributed by atoms with Crippen molar-refractivity contribution in [2.24, 2.45) is 0 Å². The average Bonchev–Trinajstić information content (AvgIpc) is 3.44. The van der Waals surface area contributed by atoms with Crippen molar-refractivity contribution in [3.63, 3.8) is 0 Å². The fourth-order valence-corrected chi connectivity index (χ4v) is 4.33. The Hall–Kier alpha value is -2.59. The number of ether oxygens (including phenoxy) is 1. The zero-order valence-electron chi connectivity index (χ0n) is 15.3. The number of aromatic nitrogens is 1. The number of morpholine rings is 1. The number of nitrogens with one attached hydrogen (secondary N) is 1. The highest BCUT2D eigenvalue weighted by atomic mass is 19.2. The summed E-state index contributed by atoms with van der Waals surface area (Å²) < 4.78 is 52.4. The van der Waals surface area contributed by atoms with Gasteiger partial charge < -0.3 is 24.6 Å². The van der Waals surface area contributed by atoms with Crippen LogP contribution in [0, 0.1) is 17.5 Å². The molecule has 0 spiro atoms. The molecule has 0 amide bonds. The molecule has 7 nitrogen and oxygen atoms in total. The molecule has 2 N–H and O–H groups in total. The Balaban J connectivity index is 1.75. The van der Waals surface area contributed by atoms with Crippen LogP contribution in [0.25, 0.3) is 10.9 Å². The number of hydrogen-bond donors (Lipinski definition) is 2. The maximum atomic E-state index is 15.6. The minimum atomic E-state index is -1.57. The van der Waals surface area contributed by atoms with Gasteiger partial charge in [-0.15, -0.1) is 0 Å². The lowest BCUT2D eigenvalue weighted by molar-refractivity contribution is 0.0212. The molecule has 3 aliphatic rings. The summed E-state index contributed by atoms with van der Waals surface area (Å²) in [5.74, 6) is -5.64. The Kier molecular flexibility index (Phi) is 4.11. The number of anilines is 1. The van der Waals surface area contributed by atoms with Gasteiger partial charge in [-0.2, -0.15) is 0 Å². The van der Waals surface area contributed by atoms with Crippen LogP contribution < -0.4 is 15.6 Å². The number of nitrogens with zero attached hydrogens (tertiary/aromatic N) is 2. The first kappa shape index (κ1) is 18.4. The lowest BCUT2D eigenvalue weighted by Gasteiger charge is -2.25. The molecule has 1 saturated carbocycles. The Bertz CT molecular complexity index is 1080. The van der Waals surface area contributed by atoms with Crippen LogP contribution >= 0.6 is 0 Å². The molecule has 154 valence electrons. The van der Waals surface area contributed by atoms with Gasteiger partial charge in [0.1, 0.15) is 11.3 Å². The third-order valence-corrected chi connectivity index (χ3v) is 5.86. The van der Waals surface area contributed by atoms with Crippen molar-refractivity contribution in [1.29, 1.82) is 0 Å². The highest BCUT2D eigenvalue weighted by molar-refractivity contribution is 5.94. The second kappa shape index (κ2) is 6.46. The van der Waals surface area contributed by atoms with Crippen LogP contribution in [0.15, 0.2) is 11.0 Å². The molecular formula is C19H18F3N3O4. The molecule has 2 aliphatic heterocycles. The largest absolute Gasteiger partial charge is 0.477 e.